The number of hydrogen-bond donors (Lipinski definition) is 0. The molecule has 1 aromatic heterocycles. The summed E-state index contributed by atoms with van der Waals surface area (Å²) in [5.41, 5.74) is 2.31. The van der Waals surface area contributed by atoms with Gasteiger partial charge in [0.05, 0.1) is 18.0 Å². The van der Waals surface area contributed by atoms with Crippen molar-refractivity contribution >= 4 is 10.0 Å². The van der Waals surface area contributed by atoms with E-state index in [9.17, 15) is 8.42 Å². The number of aryl methyl sites for hydroxylation is 2. The maximum Gasteiger partial charge on any atom is 0.213 e. The lowest BCUT2D eigenvalue weighted by Gasteiger charge is -2.29. The highest BCUT2D eigenvalue weighted by Crippen LogP contribution is 2.47. The fraction of sp³-hybridized carbons (Fsp3) is 0.591. The summed E-state index contributed by atoms with van der Waals surface area (Å²) in [6.07, 6.45) is 2.86. The first-order valence-electron chi connectivity index (χ1n) is 10.6. The van der Waals surface area contributed by atoms with Crippen LogP contribution in [0.1, 0.15) is 37.3 Å². The van der Waals surface area contributed by atoms with Crippen LogP contribution >= 0.6 is 0 Å². The Morgan fingerprint density at radius 2 is 1.97 bits per heavy atom. The molecular formula is C22H31N3O3S. The Hall–Kier alpha value is -1.70. The van der Waals surface area contributed by atoms with Crippen molar-refractivity contribution in [1.29, 1.82) is 0 Å². The van der Waals surface area contributed by atoms with E-state index in [0.717, 1.165) is 50.4 Å². The van der Waals surface area contributed by atoms with Crippen LogP contribution < -0.4 is 0 Å². The van der Waals surface area contributed by atoms with Gasteiger partial charge in [0, 0.05) is 37.7 Å². The Morgan fingerprint density at radius 3 is 2.66 bits per heavy atom. The van der Waals surface area contributed by atoms with Gasteiger partial charge in [0.2, 0.25) is 10.0 Å². The smallest absolute Gasteiger partial charge is 0.213 e. The van der Waals surface area contributed by atoms with Crippen molar-refractivity contribution in [2.45, 2.75) is 39.7 Å². The molecule has 7 heteroatoms. The predicted molar refractivity (Wildman–Crippen MR) is 113 cm³/mol. The molecule has 4 rings (SSSR count). The van der Waals surface area contributed by atoms with Gasteiger partial charge in [0.1, 0.15) is 0 Å². The summed E-state index contributed by atoms with van der Waals surface area (Å²) in [7, 11) is -3.15. The summed E-state index contributed by atoms with van der Waals surface area (Å²) >= 11 is 0. The molecule has 0 radical (unpaired) electrons. The SMILES string of the molecule is CCc1cc(CN2CC3CN(S(=O)(=O)CC)CC3(CCc3ccccc3)C2)on1. The average molecular weight is 418 g/mol. The van der Waals surface area contributed by atoms with E-state index < -0.39 is 10.0 Å². The molecule has 0 spiro atoms. The van der Waals surface area contributed by atoms with Crippen LogP contribution in [0.15, 0.2) is 40.9 Å². The molecule has 3 heterocycles. The maximum absolute atomic E-state index is 12.5. The third-order valence-corrected chi connectivity index (χ3v) is 8.45. The zero-order valence-corrected chi connectivity index (χ0v) is 18.2. The molecule has 2 aliphatic heterocycles. The van der Waals surface area contributed by atoms with Crippen LogP contribution in [0.25, 0.3) is 0 Å². The van der Waals surface area contributed by atoms with Gasteiger partial charge in [0.15, 0.2) is 5.76 Å². The minimum absolute atomic E-state index is 0.00564. The standard InChI is InChI=1S/C22H31N3O3S/c1-3-20-12-21(28-23-20)15-24-13-19-14-25(29(26,27)4-2)17-22(19,16-24)11-10-18-8-6-5-7-9-18/h5-9,12,19H,3-4,10-11,13-17H2,1-2H3. The summed E-state index contributed by atoms with van der Waals surface area (Å²) in [5, 5.41) is 4.11. The predicted octanol–water partition coefficient (Wildman–Crippen LogP) is 2.95. The van der Waals surface area contributed by atoms with Gasteiger partial charge >= 0.3 is 0 Å². The molecule has 2 aliphatic rings. The van der Waals surface area contributed by atoms with Crippen molar-refractivity contribution < 1.29 is 12.9 Å². The van der Waals surface area contributed by atoms with Crippen LogP contribution in [0.5, 0.6) is 0 Å². The van der Waals surface area contributed by atoms with Gasteiger partial charge in [-0.15, -0.1) is 0 Å². The number of aromatic nitrogens is 1. The van der Waals surface area contributed by atoms with Crippen LogP contribution in [0.3, 0.4) is 0 Å². The number of likely N-dealkylation sites (tertiary alicyclic amines) is 1. The van der Waals surface area contributed by atoms with Crippen molar-refractivity contribution in [2.75, 3.05) is 31.9 Å². The van der Waals surface area contributed by atoms with Gasteiger partial charge in [-0.3, -0.25) is 4.90 Å². The molecule has 0 N–H and O–H groups in total. The van der Waals surface area contributed by atoms with Crippen LogP contribution in [-0.4, -0.2) is 54.7 Å². The molecule has 158 valence electrons. The molecule has 2 saturated heterocycles. The molecular weight excluding hydrogens is 386 g/mol. The van der Waals surface area contributed by atoms with Crippen LogP contribution in [0.2, 0.25) is 0 Å². The molecule has 0 bridgehead atoms. The summed E-state index contributed by atoms with van der Waals surface area (Å²) in [6, 6.07) is 12.5. The first kappa shape index (κ1) is 20.6. The van der Waals surface area contributed by atoms with Crippen molar-refractivity contribution in [3.05, 3.63) is 53.4 Å². The van der Waals surface area contributed by atoms with Gasteiger partial charge in [-0.25, -0.2) is 12.7 Å². The minimum Gasteiger partial charge on any atom is -0.360 e. The van der Waals surface area contributed by atoms with E-state index in [-0.39, 0.29) is 11.2 Å². The van der Waals surface area contributed by atoms with E-state index in [0.29, 0.717) is 19.0 Å². The Balaban J connectivity index is 1.50. The third kappa shape index (κ3) is 4.27. The normalized spacial score (nSPS) is 25.5. The zero-order chi connectivity index (χ0) is 20.5. The van der Waals surface area contributed by atoms with Gasteiger partial charge < -0.3 is 4.52 Å². The molecule has 6 nitrogen and oxygen atoms in total. The number of sulfonamides is 1. The molecule has 2 aromatic rings. The van der Waals surface area contributed by atoms with E-state index >= 15 is 0 Å². The fourth-order valence-corrected chi connectivity index (χ4v) is 6.19. The highest BCUT2D eigenvalue weighted by molar-refractivity contribution is 7.89. The van der Waals surface area contributed by atoms with Crippen LogP contribution in [0.4, 0.5) is 0 Å². The third-order valence-electron chi connectivity index (χ3n) is 6.66. The van der Waals surface area contributed by atoms with Gasteiger partial charge in [0.25, 0.3) is 0 Å². The van der Waals surface area contributed by atoms with Gasteiger partial charge in [-0.1, -0.05) is 42.4 Å². The number of benzene rings is 1. The van der Waals surface area contributed by atoms with Crippen molar-refractivity contribution in [1.82, 2.24) is 14.4 Å². The number of nitrogens with zero attached hydrogens (tertiary/aromatic N) is 3. The maximum atomic E-state index is 12.5. The van der Waals surface area contributed by atoms with E-state index in [1.165, 1.54) is 5.56 Å². The summed E-state index contributed by atoms with van der Waals surface area (Å²) in [4.78, 5) is 2.42. The van der Waals surface area contributed by atoms with E-state index in [1.54, 1.807) is 11.2 Å². The molecule has 29 heavy (non-hydrogen) atoms. The van der Waals surface area contributed by atoms with Crippen molar-refractivity contribution in [3.63, 3.8) is 0 Å². The van der Waals surface area contributed by atoms with Crippen molar-refractivity contribution in [2.24, 2.45) is 11.3 Å². The molecule has 2 atom stereocenters. The molecule has 2 unspecified atom stereocenters. The second-order valence-electron chi connectivity index (χ2n) is 8.55. The number of fused-ring (bicyclic) bond motifs is 1. The van der Waals surface area contributed by atoms with Crippen LogP contribution in [-0.2, 0) is 29.4 Å². The first-order valence-corrected chi connectivity index (χ1v) is 12.2. The molecule has 0 aliphatic carbocycles. The lowest BCUT2D eigenvalue weighted by atomic mass is 9.76. The Kier molecular flexibility index (Phi) is 5.82. The Morgan fingerprint density at radius 1 is 1.17 bits per heavy atom. The summed E-state index contributed by atoms with van der Waals surface area (Å²) in [5.74, 6) is 1.44. The highest BCUT2D eigenvalue weighted by Gasteiger charge is 2.54. The topological polar surface area (TPSA) is 66.7 Å². The zero-order valence-electron chi connectivity index (χ0n) is 17.4. The summed E-state index contributed by atoms with van der Waals surface area (Å²) < 4.78 is 32.3. The second kappa shape index (κ2) is 8.20. The quantitative estimate of drug-likeness (QED) is 0.661. The van der Waals surface area contributed by atoms with Crippen LogP contribution in [0, 0.1) is 11.3 Å². The fourth-order valence-electron chi connectivity index (χ4n) is 4.97. The monoisotopic (exact) mass is 417 g/mol. The Bertz CT molecular complexity index is 928. The lowest BCUT2D eigenvalue weighted by molar-refractivity contribution is 0.210. The van der Waals surface area contributed by atoms with Gasteiger partial charge in [-0.05, 0) is 37.7 Å². The second-order valence-corrected chi connectivity index (χ2v) is 10.8. The first-order chi connectivity index (χ1) is 13.9. The van der Waals surface area contributed by atoms with Gasteiger partial charge in [-0.2, -0.15) is 0 Å². The number of rotatable bonds is 8. The Labute approximate surface area is 173 Å². The van der Waals surface area contributed by atoms with E-state index in [2.05, 4.69) is 41.2 Å². The molecule has 0 amide bonds. The molecule has 2 fully saturated rings. The average Bonchev–Trinajstić information content (AvgIpc) is 3.40. The number of hydrogen-bond acceptors (Lipinski definition) is 5. The summed E-state index contributed by atoms with van der Waals surface area (Å²) in [6.45, 7) is 7.64. The highest BCUT2D eigenvalue weighted by atomic mass is 32.2. The van der Waals surface area contributed by atoms with E-state index in [1.807, 2.05) is 12.1 Å². The molecule has 1 aromatic carbocycles. The minimum atomic E-state index is -3.15. The molecule has 0 saturated carbocycles. The lowest BCUT2D eigenvalue weighted by Crippen LogP contribution is -2.37. The van der Waals surface area contributed by atoms with Crippen molar-refractivity contribution in [3.8, 4) is 0 Å². The largest absolute Gasteiger partial charge is 0.360 e. The van der Waals surface area contributed by atoms with E-state index in [4.69, 9.17) is 4.52 Å².